The van der Waals surface area contributed by atoms with Gasteiger partial charge in [-0.05, 0) is 54.7 Å². The highest BCUT2D eigenvalue weighted by Crippen LogP contribution is 2.33. The molecule has 2 aromatic carbocycles. The minimum absolute atomic E-state index is 0.193. The number of nitro benzene ring substituents is 1. The van der Waals surface area contributed by atoms with Crippen molar-refractivity contribution in [2.75, 3.05) is 7.11 Å². The number of nitrogens with one attached hydrogen (secondary N) is 1. The second-order valence-electron chi connectivity index (χ2n) is 6.67. The van der Waals surface area contributed by atoms with Gasteiger partial charge in [-0.15, -0.1) is 0 Å². The molecule has 1 N–H and O–H groups in total. The summed E-state index contributed by atoms with van der Waals surface area (Å²) in [5, 5.41) is 11.2. The first-order chi connectivity index (χ1) is 12.6. The Morgan fingerprint density at radius 2 is 1.74 bits per heavy atom. The quantitative estimate of drug-likeness (QED) is 0.565. The minimum atomic E-state index is -4.07. The van der Waals surface area contributed by atoms with Gasteiger partial charge in [0.2, 0.25) is 10.0 Å². The zero-order valence-corrected chi connectivity index (χ0v) is 16.8. The fourth-order valence-corrected chi connectivity index (χ4v) is 4.40. The molecule has 0 saturated heterocycles. The van der Waals surface area contributed by atoms with Gasteiger partial charge in [0.1, 0.15) is 5.75 Å². The van der Waals surface area contributed by atoms with E-state index in [1.165, 1.54) is 24.3 Å². The third-order valence-electron chi connectivity index (χ3n) is 4.39. The molecular weight excluding hydrogens is 368 g/mol. The van der Waals surface area contributed by atoms with E-state index in [4.69, 9.17) is 4.74 Å². The van der Waals surface area contributed by atoms with Gasteiger partial charge in [0, 0.05) is 12.1 Å². The van der Waals surface area contributed by atoms with Crippen molar-refractivity contribution >= 4 is 15.7 Å². The number of para-hydroxylation sites is 1. The SMILES string of the molecule is COc1cc(C)c([C@H](C)NS(=O)(=O)c2ccccc2[N+](=O)[O-])cc1C(C)C. The predicted octanol–water partition coefficient (Wildman–Crippen LogP) is 4.07. The molecule has 2 rings (SSSR count). The van der Waals surface area contributed by atoms with Crippen molar-refractivity contribution < 1.29 is 18.1 Å². The molecule has 0 aliphatic heterocycles. The Bertz CT molecular complexity index is 955. The van der Waals surface area contributed by atoms with Crippen LogP contribution in [0.4, 0.5) is 5.69 Å². The Morgan fingerprint density at radius 1 is 1.11 bits per heavy atom. The van der Waals surface area contributed by atoms with Gasteiger partial charge in [0.15, 0.2) is 4.90 Å². The largest absolute Gasteiger partial charge is 0.496 e. The highest BCUT2D eigenvalue weighted by atomic mass is 32.2. The van der Waals surface area contributed by atoms with Gasteiger partial charge in [-0.2, -0.15) is 0 Å². The second kappa shape index (κ2) is 8.06. The van der Waals surface area contributed by atoms with E-state index in [1.54, 1.807) is 14.0 Å². The molecule has 0 aromatic heterocycles. The average Bonchev–Trinajstić information content (AvgIpc) is 2.60. The summed E-state index contributed by atoms with van der Waals surface area (Å²) in [6.45, 7) is 7.64. The summed E-state index contributed by atoms with van der Waals surface area (Å²) in [6, 6.07) is 8.53. The Kier molecular flexibility index (Phi) is 6.22. The Morgan fingerprint density at radius 3 is 2.30 bits per heavy atom. The Labute approximate surface area is 159 Å². The van der Waals surface area contributed by atoms with E-state index in [0.717, 1.165) is 22.4 Å². The molecule has 0 saturated carbocycles. The molecule has 146 valence electrons. The molecule has 0 radical (unpaired) electrons. The van der Waals surface area contributed by atoms with Crippen LogP contribution in [-0.4, -0.2) is 20.5 Å². The van der Waals surface area contributed by atoms with Crippen LogP contribution in [0.15, 0.2) is 41.3 Å². The molecular formula is C19H24N2O5S. The van der Waals surface area contributed by atoms with E-state index in [-0.39, 0.29) is 10.8 Å². The molecule has 1 atom stereocenters. The maximum Gasteiger partial charge on any atom is 0.289 e. The summed E-state index contributed by atoms with van der Waals surface area (Å²) in [4.78, 5) is 10.1. The normalized spacial score (nSPS) is 12.8. The van der Waals surface area contributed by atoms with Crippen LogP contribution in [0, 0.1) is 17.0 Å². The number of hydrogen-bond acceptors (Lipinski definition) is 5. The van der Waals surface area contributed by atoms with Crippen LogP contribution < -0.4 is 9.46 Å². The fourth-order valence-electron chi connectivity index (χ4n) is 3.01. The van der Waals surface area contributed by atoms with Crippen molar-refractivity contribution in [1.82, 2.24) is 4.72 Å². The Balaban J connectivity index is 2.44. The zero-order valence-electron chi connectivity index (χ0n) is 16.0. The molecule has 0 bridgehead atoms. The van der Waals surface area contributed by atoms with Crippen molar-refractivity contribution in [3.8, 4) is 5.75 Å². The van der Waals surface area contributed by atoms with Gasteiger partial charge in [-0.3, -0.25) is 10.1 Å². The number of ether oxygens (including phenoxy) is 1. The number of hydrogen-bond donors (Lipinski definition) is 1. The van der Waals surface area contributed by atoms with Crippen LogP contribution in [0.3, 0.4) is 0 Å². The van der Waals surface area contributed by atoms with Gasteiger partial charge >= 0.3 is 0 Å². The van der Waals surface area contributed by atoms with Gasteiger partial charge < -0.3 is 4.74 Å². The first kappa shape index (κ1) is 20.9. The molecule has 8 heteroatoms. The maximum absolute atomic E-state index is 12.8. The number of rotatable bonds is 7. The Hall–Kier alpha value is -2.45. The molecule has 27 heavy (non-hydrogen) atoms. The number of methoxy groups -OCH3 is 1. The van der Waals surface area contributed by atoms with Gasteiger partial charge in [-0.1, -0.05) is 26.0 Å². The highest BCUT2D eigenvalue weighted by molar-refractivity contribution is 7.89. The van der Waals surface area contributed by atoms with Crippen molar-refractivity contribution in [1.29, 1.82) is 0 Å². The highest BCUT2D eigenvalue weighted by Gasteiger charge is 2.27. The molecule has 0 amide bonds. The van der Waals surface area contributed by atoms with Crippen molar-refractivity contribution in [2.45, 2.75) is 44.6 Å². The van der Waals surface area contributed by atoms with Crippen LogP contribution >= 0.6 is 0 Å². The lowest BCUT2D eigenvalue weighted by Gasteiger charge is -2.21. The lowest BCUT2D eigenvalue weighted by atomic mass is 9.94. The zero-order chi connectivity index (χ0) is 20.4. The van der Waals surface area contributed by atoms with E-state index in [0.29, 0.717) is 0 Å². The summed E-state index contributed by atoms with van der Waals surface area (Å²) in [5.74, 6) is 0.943. The van der Waals surface area contributed by atoms with Crippen molar-refractivity contribution in [3.05, 3.63) is 63.2 Å². The van der Waals surface area contributed by atoms with Crippen LogP contribution in [0.25, 0.3) is 0 Å². The summed E-state index contributed by atoms with van der Waals surface area (Å²) in [6.07, 6.45) is 0. The van der Waals surface area contributed by atoms with E-state index in [9.17, 15) is 18.5 Å². The number of nitro groups is 1. The molecule has 0 spiro atoms. The van der Waals surface area contributed by atoms with Gasteiger partial charge in [0.05, 0.1) is 12.0 Å². The summed E-state index contributed by atoms with van der Waals surface area (Å²) < 4.78 is 33.5. The lowest BCUT2D eigenvalue weighted by Crippen LogP contribution is -2.28. The van der Waals surface area contributed by atoms with E-state index in [2.05, 4.69) is 4.72 Å². The molecule has 0 aliphatic rings. The molecule has 0 fully saturated rings. The summed E-state index contributed by atoms with van der Waals surface area (Å²) >= 11 is 0. The van der Waals surface area contributed by atoms with Crippen LogP contribution in [0.2, 0.25) is 0 Å². The summed E-state index contributed by atoms with van der Waals surface area (Å²) in [5.41, 5.74) is 2.18. The molecule has 2 aromatic rings. The van der Waals surface area contributed by atoms with Crippen LogP contribution in [0.5, 0.6) is 5.75 Å². The fraction of sp³-hybridized carbons (Fsp3) is 0.368. The smallest absolute Gasteiger partial charge is 0.289 e. The monoisotopic (exact) mass is 392 g/mol. The first-order valence-electron chi connectivity index (χ1n) is 8.52. The van der Waals surface area contributed by atoms with E-state index < -0.39 is 26.7 Å². The van der Waals surface area contributed by atoms with Crippen LogP contribution in [0.1, 0.15) is 49.4 Å². The molecule has 0 aliphatic carbocycles. The average molecular weight is 392 g/mol. The second-order valence-corrected chi connectivity index (χ2v) is 8.36. The standard InChI is InChI=1S/C19H24N2O5S/c1-12(2)15-11-16(13(3)10-18(15)26-5)14(4)20-27(24,25)19-9-7-6-8-17(19)21(22)23/h6-12,14,20H,1-5H3/t14-/m0/s1. The molecule has 0 unspecified atom stereocenters. The predicted molar refractivity (Wildman–Crippen MR) is 104 cm³/mol. The molecule has 0 heterocycles. The number of sulfonamides is 1. The first-order valence-corrected chi connectivity index (χ1v) is 10.0. The topological polar surface area (TPSA) is 98.5 Å². The minimum Gasteiger partial charge on any atom is -0.496 e. The molecule has 7 nitrogen and oxygen atoms in total. The number of aryl methyl sites for hydroxylation is 1. The number of nitrogens with zero attached hydrogens (tertiary/aromatic N) is 1. The lowest BCUT2D eigenvalue weighted by molar-refractivity contribution is -0.387. The van der Waals surface area contributed by atoms with Gasteiger partial charge in [-0.25, -0.2) is 13.1 Å². The van der Waals surface area contributed by atoms with E-state index in [1.807, 2.05) is 32.9 Å². The van der Waals surface area contributed by atoms with Gasteiger partial charge in [0.25, 0.3) is 5.69 Å². The maximum atomic E-state index is 12.8. The van der Waals surface area contributed by atoms with Crippen molar-refractivity contribution in [2.24, 2.45) is 0 Å². The van der Waals surface area contributed by atoms with Crippen LogP contribution in [-0.2, 0) is 10.0 Å². The van der Waals surface area contributed by atoms with E-state index >= 15 is 0 Å². The summed E-state index contributed by atoms with van der Waals surface area (Å²) in [7, 11) is -2.47. The van der Waals surface area contributed by atoms with Crippen molar-refractivity contribution in [3.63, 3.8) is 0 Å². The number of benzene rings is 2. The third-order valence-corrected chi connectivity index (χ3v) is 5.98. The third kappa shape index (κ3) is 4.45.